The first-order valence-electron chi connectivity index (χ1n) is 8.75. The Morgan fingerprint density at radius 1 is 1.12 bits per heavy atom. The Morgan fingerprint density at radius 3 is 2.58 bits per heavy atom. The first-order chi connectivity index (χ1) is 12.5. The lowest BCUT2D eigenvalue weighted by molar-refractivity contribution is -0.147. The minimum Gasteiger partial charge on any atom is -0.454 e. The maximum Gasteiger partial charge on any atom is 0.325 e. The summed E-state index contributed by atoms with van der Waals surface area (Å²) in [5, 5.41) is 7.30. The molecule has 0 unspecified atom stereocenters. The molecule has 2 aromatic rings. The molecule has 3 rings (SSSR count). The van der Waals surface area contributed by atoms with E-state index in [2.05, 4.69) is 10.6 Å². The Labute approximate surface area is 151 Å². The maximum atomic E-state index is 12.2. The summed E-state index contributed by atoms with van der Waals surface area (Å²) >= 11 is 0. The zero-order chi connectivity index (χ0) is 18.5. The largest absolute Gasteiger partial charge is 0.454 e. The van der Waals surface area contributed by atoms with Gasteiger partial charge in [-0.3, -0.25) is 14.4 Å². The van der Waals surface area contributed by atoms with Crippen LogP contribution in [0.5, 0.6) is 0 Å². The number of rotatable bonds is 7. The highest BCUT2D eigenvalue weighted by molar-refractivity contribution is 5.99. The number of carbonyl (C=O) groups is 3. The van der Waals surface area contributed by atoms with E-state index in [4.69, 9.17) is 4.74 Å². The summed E-state index contributed by atoms with van der Waals surface area (Å²) in [6.07, 6.45) is 2.25. The van der Waals surface area contributed by atoms with Crippen LogP contribution in [0.25, 0.3) is 10.8 Å². The van der Waals surface area contributed by atoms with Gasteiger partial charge in [0.1, 0.15) is 6.54 Å². The van der Waals surface area contributed by atoms with Gasteiger partial charge in [-0.1, -0.05) is 30.3 Å². The van der Waals surface area contributed by atoms with Crippen molar-refractivity contribution in [1.29, 1.82) is 0 Å². The van der Waals surface area contributed by atoms with Crippen molar-refractivity contribution >= 4 is 28.6 Å². The van der Waals surface area contributed by atoms with Gasteiger partial charge >= 0.3 is 5.97 Å². The molecule has 6 nitrogen and oxygen atoms in total. The second kappa shape index (κ2) is 7.99. The predicted molar refractivity (Wildman–Crippen MR) is 97.6 cm³/mol. The van der Waals surface area contributed by atoms with Gasteiger partial charge in [-0.2, -0.15) is 0 Å². The lowest BCUT2D eigenvalue weighted by Crippen LogP contribution is -2.38. The van der Waals surface area contributed by atoms with Crippen LogP contribution in [0, 0.1) is 5.92 Å². The Bertz CT molecular complexity index is 829. The molecule has 2 amide bonds. The summed E-state index contributed by atoms with van der Waals surface area (Å²) in [6.45, 7) is 1.33. The molecular formula is C20H22N2O4. The highest BCUT2D eigenvalue weighted by atomic mass is 16.5. The molecular weight excluding hydrogens is 332 g/mol. The highest BCUT2D eigenvalue weighted by Crippen LogP contribution is 2.32. The van der Waals surface area contributed by atoms with Gasteiger partial charge in [0.25, 0.3) is 11.8 Å². The van der Waals surface area contributed by atoms with Gasteiger partial charge in [0.05, 0.1) is 0 Å². The van der Waals surface area contributed by atoms with E-state index in [0.717, 1.165) is 23.6 Å². The van der Waals surface area contributed by atoms with Crippen LogP contribution < -0.4 is 10.6 Å². The molecule has 2 N–H and O–H groups in total. The van der Waals surface area contributed by atoms with Gasteiger partial charge < -0.3 is 15.4 Å². The smallest absolute Gasteiger partial charge is 0.325 e. The zero-order valence-corrected chi connectivity index (χ0v) is 14.7. The Kier molecular flexibility index (Phi) is 5.51. The minimum absolute atomic E-state index is 0.105. The fraction of sp³-hybridized carbons (Fsp3) is 0.350. The maximum absolute atomic E-state index is 12.2. The summed E-state index contributed by atoms with van der Waals surface area (Å²) in [7, 11) is 0. The van der Waals surface area contributed by atoms with Crippen LogP contribution in [-0.2, 0) is 14.3 Å². The molecule has 0 heterocycles. The molecule has 0 saturated heterocycles. The lowest BCUT2D eigenvalue weighted by Gasteiger charge is -2.12. The molecule has 6 heteroatoms. The molecule has 0 bridgehead atoms. The van der Waals surface area contributed by atoms with Gasteiger partial charge in [-0.25, -0.2) is 0 Å². The summed E-state index contributed by atoms with van der Waals surface area (Å²) in [6, 6.07) is 13.1. The Morgan fingerprint density at radius 2 is 1.85 bits per heavy atom. The number of fused-ring (bicyclic) bond motifs is 1. The van der Waals surface area contributed by atoms with Crippen molar-refractivity contribution < 1.29 is 19.1 Å². The molecule has 1 aliphatic carbocycles. The molecule has 0 radical (unpaired) electrons. The average Bonchev–Trinajstić information content (AvgIpc) is 3.49. The fourth-order valence-corrected chi connectivity index (χ4v) is 2.79. The lowest BCUT2D eigenvalue weighted by atomic mass is 10.1. The summed E-state index contributed by atoms with van der Waals surface area (Å²) in [5.74, 6) is -0.789. The molecule has 2 aromatic carbocycles. The second-order valence-corrected chi connectivity index (χ2v) is 6.60. The molecule has 1 fully saturated rings. The van der Waals surface area contributed by atoms with Crippen LogP contribution in [0.15, 0.2) is 42.5 Å². The number of hydrogen-bond acceptors (Lipinski definition) is 4. The predicted octanol–water partition coefficient (Wildman–Crippen LogP) is 2.03. The number of carbonyl (C=O) groups excluding carboxylic acids is 3. The van der Waals surface area contributed by atoms with E-state index < -0.39 is 5.97 Å². The normalized spacial score (nSPS) is 14.5. The molecule has 0 aromatic heterocycles. The van der Waals surface area contributed by atoms with E-state index in [0.29, 0.717) is 11.5 Å². The van der Waals surface area contributed by atoms with E-state index in [1.54, 1.807) is 12.1 Å². The van der Waals surface area contributed by atoms with E-state index in [1.165, 1.54) is 0 Å². The van der Waals surface area contributed by atoms with Crippen molar-refractivity contribution in [2.24, 2.45) is 5.92 Å². The molecule has 1 saturated carbocycles. The second-order valence-electron chi connectivity index (χ2n) is 6.60. The van der Waals surface area contributed by atoms with Gasteiger partial charge in [0, 0.05) is 11.6 Å². The van der Waals surface area contributed by atoms with Crippen molar-refractivity contribution in [3.05, 3.63) is 48.0 Å². The van der Waals surface area contributed by atoms with Crippen LogP contribution in [-0.4, -0.2) is 37.0 Å². The molecule has 1 atom stereocenters. The average molecular weight is 354 g/mol. The molecule has 1 aliphatic rings. The van der Waals surface area contributed by atoms with Crippen LogP contribution in [0.2, 0.25) is 0 Å². The van der Waals surface area contributed by atoms with Crippen LogP contribution >= 0.6 is 0 Å². The van der Waals surface area contributed by atoms with Crippen molar-refractivity contribution in [3.8, 4) is 0 Å². The SMILES string of the molecule is C[C@@H](NC(=O)COC(=O)CNC(=O)c1ccc2ccccc2c1)C1CC1. The molecule has 0 spiro atoms. The van der Waals surface area contributed by atoms with Crippen molar-refractivity contribution in [3.63, 3.8) is 0 Å². The van der Waals surface area contributed by atoms with Gasteiger partial charge in [0.2, 0.25) is 0 Å². The minimum atomic E-state index is -0.645. The number of amides is 2. The van der Waals surface area contributed by atoms with Crippen molar-refractivity contribution in [2.75, 3.05) is 13.2 Å². The molecule has 0 aliphatic heterocycles. The van der Waals surface area contributed by atoms with Crippen molar-refractivity contribution in [2.45, 2.75) is 25.8 Å². The zero-order valence-electron chi connectivity index (χ0n) is 14.7. The van der Waals surface area contributed by atoms with E-state index in [1.807, 2.05) is 37.3 Å². The number of esters is 1. The van der Waals surface area contributed by atoms with E-state index in [9.17, 15) is 14.4 Å². The number of ether oxygens (including phenoxy) is 1. The topological polar surface area (TPSA) is 84.5 Å². The third kappa shape index (κ3) is 4.81. The summed E-state index contributed by atoms with van der Waals surface area (Å²) < 4.78 is 4.90. The fourth-order valence-electron chi connectivity index (χ4n) is 2.79. The quantitative estimate of drug-likeness (QED) is 0.745. The molecule has 136 valence electrons. The number of benzene rings is 2. The number of nitrogens with one attached hydrogen (secondary N) is 2. The number of hydrogen-bond donors (Lipinski definition) is 2. The van der Waals surface area contributed by atoms with Gasteiger partial charge in [-0.15, -0.1) is 0 Å². The first kappa shape index (κ1) is 17.9. The monoisotopic (exact) mass is 354 g/mol. The highest BCUT2D eigenvalue weighted by Gasteiger charge is 2.28. The van der Waals surface area contributed by atoms with Gasteiger partial charge in [0.15, 0.2) is 6.61 Å². The standard InChI is InChI=1S/C20H22N2O4/c1-13(14-6-7-14)22-18(23)12-26-19(24)11-21-20(25)17-9-8-15-4-2-3-5-16(15)10-17/h2-5,8-10,13-14H,6-7,11-12H2,1H3,(H,21,25)(H,22,23)/t13-/m1/s1. The van der Waals surface area contributed by atoms with E-state index in [-0.39, 0.29) is 31.0 Å². The van der Waals surface area contributed by atoms with Crippen LogP contribution in [0.3, 0.4) is 0 Å². The summed E-state index contributed by atoms with van der Waals surface area (Å²) in [5.41, 5.74) is 0.465. The first-order valence-corrected chi connectivity index (χ1v) is 8.75. The van der Waals surface area contributed by atoms with Gasteiger partial charge in [-0.05, 0) is 48.6 Å². The Hall–Kier alpha value is -2.89. The van der Waals surface area contributed by atoms with Crippen LogP contribution in [0.1, 0.15) is 30.1 Å². The van der Waals surface area contributed by atoms with Crippen LogP contribution in [0.4, 0.5) is 0 Å². The molecule has 26 heavy (non-hydrogen) atoms. The summed E-state index contributed by atoms with van der Waals surface area (Å²) in [4.78, 5) is 35.6. The Balaban J connectivity index is 1.42. The third-order valence-electron chi connectivity index (χ3n) is 4.49. The third-order valence-corrected chi connectivity index (χ3v) is 4.49. The van der Waals surface area contributed by atoms with Crippen molar-refractivity contribution in [1.82, 2.24) is 10.6 Å². The van der Waals surface area contributed by atoms with E-state index >= 15 is 0 Å².